The molecule has 4 nitrogen and oxygen atoms in total. The molecule has 5 heteroatoms. The normalized spacial score (nSPS) is 17.7. The Balaban J connectivity index is 2.30. The lowest BCUT2D eigenvalue weighted by molar-refractivity contribution is 0.886. The number of hydrogen-bond acceptors (Lipinski definition) is 2. The van der Waals surface area contributed by atoms with Crippen LogP contribution in [0, 0.1) is 5.41 Å². The maximum Gasteiger partial charge on any atom is 0.193 e. The lowest BCUT2D eigenvalue weighted by atomic mass is 10.4. The molecule has 0 bridgehead atoms. The van der Waals surface area contributed by atoms with Gasteiger partial charge in [0.15, 0.2) is 11.1 Å². The minimum atomic E-state index is -0.0227. The summed E-state index contributed by atoms with van der Waals surface area (Å²) in [7, 11) is 0. The van der Waals surface area contributed by atoms with Gasteiger partial charge in [0.2, 0.25) is 0 Å². The highest BCUT2D eigenvalue weighted by Gasteiger charge is 2.17. The molecule has 1 rings (SSSR count). The first-order valence-corrected chi connectivity index (χ1v) is 4.91. The van der Waals surface area contributed by atoms with Gasteiger partial charge in [-0.25, -0.2) is 0 Å². The van der Waals surface area contributed by atoms with Crippen LogP contribution in [-0.2, 0) is 0 Å². The SMILES string of the molecule is N=C(N=C(N)N)SC1CCCC1. The quantitative estimate of drug-likeness (QED) is 0.419. The van der Waals surface area contributed by atoms with E-state index >= 15 is 0 Å². The Morgan fingerprint density at radius 3 is 2.42 bits per heavy atom. The van der Waals surface area contributed by atoms with E-state index in [-0.39, 0.29) is 11.1 Å². The standard InChI is InChI=1S/C7H14N4S/c8-6(9)11-7(10)12-5-3-1-2-4-5/h5H,1-4H2,(H5,8,9,10,11). The minimum Gasteiger partial charge on any atom is -0.370 e. The third kappa shape index (κ3) is 3.13. The van der Waals surface area contributed by atoms with Crippen molar-refractivity contribution in [2.45, 2.75) is 30.9 Å². The molecule has 0 atom stereocenters. The summed E-state index contributed by atoms with van der Waals surface area (Å²) in [6.07, 6.45) is 4.92. The topological polar surface area (TPSA) is 88.2 Å². The summed E-state index contributed by atoms with van der Waals surface area (Å²) in [5.41, 5.74) is 10.3. The lowest BCUT2D eigenvalue weighted by Crippen LogP contribution is -2.23. The molecule has 1 fully saturated rings. The molecular weight excluding hydrogens is 172 g/mol. The van der Waals surface area contributed by atoms with Crippen molar-refractivity contribution in [1.29, 1.82) is 5.41 Å². The third-order valence-corrected chi connectivity index (χ3v) is 2.93. The number of rotatable bonds is 1. The van der Waals surface area contributed by atoms with Crippen molar-refractivity contribution in [3.8, 4) is 0 Å². The van der Waals surface area contributed by atoms with Gasteiger partial charge in [0.05, 0.1) is 0 Å². The van der Waals surface area contributed by atoms with Gasteiger partial charge in [-0.15, -0.1) is 0 Å². The van der Waals surface area contributed by atoms with Crippen molar-refractivity contribution in [1.82, 2.24) is 0 Å². The van der Waals surface area contributed by atoms with Crippen LogP contribution >= 0.6 is 11.8 Å². The molecule has 0 aliphatic heterocycles. The number of nitrogens with two attached hydrogens (primary N) is 2. The Morgan fingerprint density at radius 2 is 1.92 bits per heavy atom. The van der Waals surface area contributed by atoms with Crippen LogP contribution in [0.1, 0.15) is 25.7 Å². The molecule has 0 spiro atoms. The lowest BCUT2D eigenvalue weighted by Gasteiger charge is -2.05. The van der Waals surface area contributed by atoms with E-state index in [9.17, 15) is 0 Å². The van der Waals surface area contributed by atoms with Gasteiger partial charge in [-0.3, -0.25) is 5.41 Å². The summed E-state index contributed by atoms with van der Waals surface area (Å²) in [6.45, 7) is 0. The van der Waals surface area contributed by atoms with E-state index in [0.29, 0.717) is 5.25 Å². The fourth-order valence-corrected chi connectivity index (χ4v) is 2.35. The Hall–Kier alpha value is -0.710. The number of nitrogens with one attached hydrogen (secondary N) is 1. The Labute approximate surface area is 76.3 Å². The van der Waals surface area contributed by atoms with Crippen molar-refractivity contribution >= 4 is 22.9 Å². The number of amidine groups is 1. The van der Waals surface area contributed by atoms with Gasteiger partial charge in [0.1, 0.15) is 0 Å². The number of thioether (sulfide) groups is 1. The zero-order valence-corrected chi connectivity index (χ0v) is 7.73. The summed E-state index contributed by atoms with van der Waals surface area (Å²) < 4.78 is 0. The summed E-state index contributed by atoms with van der Waals surface area (Å²) in [5, 5.41) is 8.19. The Morgan fingerprint density at radius 1 is 1.33 bits per heavy atom. The average molecular weight is 186 g/mol. The van der Waals surface area contributed by atoms with Crippen molar-refractivity contribution in [2.24, 2.45) is 16.5 Å². The van der Waals surface area contributed by atoms with Crippen LogP contribution in [0.15, 0.2) is 4.99 Å². The molecule has 0 heterocycles. The van der Waals surface area contributed by atoms with Gasteiger partial charge in [0.25, 0.3) is 0 Å². The van der Waals surface area contributed by atoms with Crippen LogP contribution in [0.5, 0.6) is 0 Å². The van der Waals surface area contributed by atoms with Crippen molar-refractivity contribution in [3.63, 3.8) is 0 Å². The molecule has 0 unspecified atom stereocenters. The summed E-state index contributed by atoms with van der Waals surface area (Å²) in [6, 6.07) is 0. The summed E-state index contributed by atoms with van der Waals surface area (Å²) in [5.74, 6) is -0.0227. The first-order valence-electron chi connectivity index (χ1n) is 4.03. The third-order valence-electron chi connectivity index (χ3n) is 1.81. The van der Waals surface area contributed by atoms with Gasteiger partial charge >= 0.3 is 0 Å². The fraction of sp³-hybridized carbons (Fsp3) is 0.714. The molecule has 1 aliphatic carbocycles. The molecular formula is C7H14N4S. The summed E-state index contributed by atoms with van der Waals surface area (Å²) >= 11 is 1.47. The first-order chi connectivity index (χ1) is 5.68. The van der Waals surface area contributed by atoms with Crippen LogP contribution < -0.4 is 11.5 Å². The summed E-state index contributed by atoms with van der Waals surface area (Å²) in [4.78, 5) is 3.66. The molecule has 68 valence electrons. The second kappa shape index (κ2) is 4.35. The fourth-order valence-electron chi connectivity index (χ4n) is 1.31. The van der Waals surface area contributed by atoms with E-state index in [4.69, 9.17) is 16.9 Å². The maximum absolute atomic E-state index is 7.40. The second-order valence-corrected chi connectivity index (χ2v) is 4.16. The molecule has 0 amide bonds. The molecule has 5 N–H and O–H groups in total. The number of nitrogens with zero attached hydrogens (tertiary/aromatic N) is 1. The second-order valence-electron chi connectivity index (χ2n) is 2.87. The van der Waals surface area contributed by atoms with E-state index in [2.05, 4.69) is 4.99 Å². The molecule has 12 heavy (non-hydrogen) atoms. The van der Waals surface area contributed by atoms with Gasteiger partial charge in [0, 0.05) is 5.25 Å². The predicted octanol–water partition coefficient (Wildman–Crippen LogP) is 0.870. The zero-order valence-electron chi connectivity index (χ0n) is 6.92. The molecule has 0 aromatic rings. The van der Waals surface area contributed by atoms with Crippen LogP contribution in [0.2, 0.25) is 0 Å². The molecule has 0 saturated heterocycles. The highest BCUT2D eigenvalue weighted by molar-refractivity contribution is 8.14. The van der Waals surface area contributed by atoms with E-state index in [1.54, 1.807) is 0 Å². The van der Waals surface area contributed by atoms with Crippen molar-refractivity contribution in [3.05, 3.63) is 0 Å². The molecule has 0 aromatic carbocycles. The van der Waals surface area contributed by atoms with Gasteiger partial charge < -0.3 is 11.5 Å². The monoisotopic (exact) mass is 186 g/mol. The smallest absolute Gasteiger partial charge is 0.193 e. The van der Waals surface area contributed by atoms with Crippen molar-refractivity contribution in [2.75, 3.05) is 0 Å². The van der Waals surface area contributed by atoms with Crippen LogP contribution in [0.25, 0.3) is 0 Å². The minimum absolute atomic E-state index is 0.0227. The van der Waals surface area contributed by atoms with E-state index in [1.807, 2.05) is 0 Å². The van der Waals surface area contributed by atoms with Crippen LogP contribution in [0.4, 0.5) is 0 Å². The van der Waals surface area contributed by atoms with Crippen LogP contribution in [0.3, 0.4) is 0 Å². The average Bonchev–Trinajstić information content (AvgIpc) is 2.37. The van der Waals surface area contributed by atoms with Gasteiger partial charge in [-0.1, -0.05) is 24.6 Å². The van der Waals surface area contributed by atoms with E-state index in [0.717, 1.165) is 0 Å². The largest absolute Gasteiger partial charge is 0.370 e. The van der Waals surface area contributed by atoms with Gasteiger partial charge in [-0.2, -0.15) is 4.99 Å². The maximum atomic E-state index is 7.40. The Kier molecular flexibility index (Phi) is 3.40. The van der Waals surface area contributed by atoms with Gasteiger partial charge in [-0.05, 0) is 12.8 Å². The molecule has 0 radical (unpaired) electrons. The Bertz CT molecular complexity index is 192. The highest BCUT2D eigenvalue weighted by Crippen LogP contribution is 2.29. The highest BCUT2D eigenvalue weighted by atomic mass is 32.2. The first kappa shape index (κ1) is 9.38. The zero-order chi connectivity index (χ0) is 8.97. The molecule has 1 saturated carbocycles. The number of aliphatic imine (C=N–C) groups is 1. The number of hydrogen-bond donors (Lipinski definition) is 3. The van der Waals surface area contributed by atoms with Crippen molar-refractivity contribution < 1.29 is 0 Å². The predicted molar refractivity (Wildman–Crippen MR) is 53.4 cm³/mol. The number of guanidine groups is 1. The van der Waals surface area contributed by atoms with E-state index < -0.39 is 0 Å². The molecule has 0 aromatic heterocycles. The van der Waals surface area contributed by atoms with E-state index in [1.165, 1.54) is 37.4 Å². The van der Waals surface area contributed by atoms with Crippen LogP contribution in [-0.4, -0.2) is 16.4 Å². The molecule has 1 aliphatic rings.